The monoisotopic (exact) mass is 308 g/mol. The van der Waals surface area contributed by atoms with Crippen molar-refractivity contribution < 1.29 is 0 Å². The van der Waals surface area contributed by atoms with E-state index in [0.717, 1.165) is 5.03 Å². The number of fused-ring (bicyclic) bond motifs is 1. The molecule has 1 N–H and O–H groups in total. The van der Waals surface area contributed by atoms with E-state index in [1.165, 1.54) is 11.8 Å². The minimum absolute atomic E-state index is 0.0845. The molecule has 2 aromatic heterocycles. The van der Waals surface area contributed by atoms with Crippen LogP contribution < -0.4 is 5.56 Å². The fourth-order valence-corrected chi connectivity index (χ4v) is 2.98. The zero-order valence-corrected chi connectivity index (χ0v) is 12.6. The zero-order chi connectivity index (χ0) is 15.5. The van der Waals surface area contributed by atoms with Gasteiger partial charge < -0.3 is 4.98 Å². The molecule has 0 fully saturated rings. The number of nitrogens with one attached hydrogen (secondary N) is 1. The molecule has 0 bridgehead atoms. The average molecular weight is 308 g/mol. The van der Waals surface area contributed by atoms with Crippen LogP contribution in [0.15, 0.2) is 52.4 Å². The Morgan fingerprint density at radius 3 is 2.95 bits per heavy atom. The smallest absolute Gasteiger partial charge is 0.258 e. The Bertz CT molecular complexity index is 929. The van der Waals surface area contributed by atoms with Crippen molar-refractivity contribution in [2.24, 2.45) is 0 Å². The Balaban J connectivity index is 1.93. The first-order valence-electron chi connectivity index (χ1n) is 6.69. The molecule has 0 spiro atoms. The van der Waals surface area contributed by atoms with Gasteiger partial charge >= 0.3 is 0 Å². The van der Waals surface area contributed by atoms with Gasteiger partial charge in [0.15, 0.2) is 0 Å². The number of pyridine rings is 1. The molecule has 0 amide bonds. The predicted octanol–water partition coefficient (Wildman–Crippen LogP) is 3.04. The first kappa shape index (κ1) is 14.3. The Labute approximate surface area is 131 Å². The average Bonchev–Trinajstić information content (AvgIpc) is 2.55. The van der Waals surface area contributed by atoms with Gasteiger partial charge in [0.1, 0.15) is 5.82 Å². The van der Waals surface area contributed by atoms with Gasteiger partial charge in [-0.25, -0.2) is 9.97 Å². The highest BCUT2D eigenvalue weighted by molar-refractivity contribution is 7.99. The second-order valence-corrected chi connectivity index (χ2v) is 6.08. The van der Waals surface area contributed by atoms with E-state index in [-0.39, 0.29) is 10.8 Å². The summed E-state index contributed by atoms with van der Waals surface area (Å²) in [5.41, 5.74) is 1.09. The van der Waals surface area contributed by atoms with E-state index >= 15 is 0 Å². The van der Waals surface area contributed by atoms with Crippen LogP contribution >= 0.6 is 11.8 Å². The van der Waals surface area contributed by atoms with Gasteiger partial charge in [0, 0.05) is 6.20 Å². The number of rotatable bonds is 3. The molecule has 108 valence electrons. The molecular weight excluding hydrogens is 296 g/mol. The molecule has 22 heavy (non-hydrogen) atoms. The SMILES string of the molecule is CC(Sc1cc(C#N)ccn1)c1nc2ccccc2c(=O)[nH]1. The Kier molecular flexibility index (Phi) is 3.90. The van der Waals surface area contributed by atoms with Crippen LogP contribution in [0.5, 0.6) is 0 Å². The molecule has 1 atom stereocenters. The summed E-state index contributed by atoms with van der Waals surface area (Å²) < 4.78 is 0. The second kappa shape index (κ2) is 6.00. The molecule has 5 nitrogen and oxygen atoms in total. The lowest BCUT2D eigenvalue weighted by molar-refractivity contribution is 0.918. The summed E-state index contributed by atoms with van der Waals surface area (Å²) in [6, 6.07) is 12.7. The van der Waals surface area contributed by atoms with E-state index in [1.807, 2.05) is 25.1 Å². The van der Waals surface area contributed by atoms with Gasteiger partial charge in [0.2, 0.25) is 0 Å². The molecule has 1 unspecified atom stereocenters. The number of nitrogens with zero attached hydrogens (tertiary/aromatic N) is 3. The number of para-hydroxylation sites is 1. The minimum atomic E-state index is -0.146. The van der Waals surface area contributed by atoms with Gasteiger partial charge in [-0.15, -0.1) is 0 Å². The van der Waals surface area contributed by atoms with E-state index in [9.17, 15) is 4.79 Å². The van der Waals surface area contributed by atoms with Crippen LogP contribution in [0.2, 0.25) is 0 Å². The summed E-state index contributed by atoms with van der Waals surface area (Å²) in [4.78, 5) is 23.6. The van der Waals surface area contributed by atoms with E-state index in [2.05, 4.69) is 21.0 Å². The van der Waals surface area contributed by atoms with Crippen molar-refractivity contribution in [3.05, 3.63) is 64.3 Å². The zero-order valence-electron chi connectivity index (χ0n) is 11.8. The van der Waals surface area contributed by atoms with Crippen LogP contribution in [-0.2, 0) is 0 Å². The van der Waals surface area contributed by atoms with Crippen LogP contribution in [0.1, 0.15) is 23.6 Å². The van der Waals surface area contributed by atoms with Crippen molar-refractivity contribution in [3.63, 3.8) is 0 Å². The maximum Gasteiger partial charge on any atom is 0.258 e. The fourth-order valence-electron chi connectivity index (χ4n) is 2.08. The highest BCUT2D eigenvalue weighted by atomic mass is 32.2. The minimum Gasteiger partial charge on any atom is -0.309 e. The highest BCUT2D eigenvalue weighted by Gasteiger charge is 2.13. The topological polar surface area (TPSA) is 82.4 Å². The number of aromatic nitrogens is 3. The predicted molar refractivity (Wildman–Crippen MR) is 85.6 cm³/mol. The summed E-state index contributed by atoms with van der Waals surface area (Å²) in [5.74, 6) is 0.595. The largest absolute Gasteiger partial charge is 0.309 e. The Morgan fingerprint density at radius 1 is 1.32 bits per heavy atom. The number of thioether (sulfide) groups is 1. The van der Waals surface area contributed by atoms with Gasteiger partial charge in [0.25, 0.3) is 5.56 Å². The number of hydrogen-bond donors (Lipinski definition) is 1. The third kappa shape index (κ3) is 2.85. The molecule has 1 aromatic carbocycles. The van der Waals surface area contributed by atoms with E-state index in [1.54, 1.807) is 24.4 Å². The number of benzene rings is 1. The van der Waals surface area contributed by atoms with Crippen LogP contribution in [0.3, 0.4) is 0 Å². The molecule has 3 aromatic rings. The van der Waals surface area contributed by atoms with Crippen molar-refractivity contribution >= 4 is 22.7 Å². The summed E-state index contributed by atoms with van der Waals surface area (Å²) in [6.07, 6.45) is 1.60. The third-order valence-corrected chi connectivity index (χ3v) is 4.22. The molecule has 0 aliphatic heterocycles. The molecule has 0 aliphatic rings. The van der Waals surface area contributed by atoms with E-state index < -0.39 is 0 Å². The maximum absolute atomic E-state index is 12.1. The van der Waals surface area contributed by atoms with Crippen molar-refractivity contribution in [2.75, 3.05) is 0 Å². The van der Waals surface area contributed by atoms with Gasteiger partial charge in [-0.1, -0.05) is 23.9 Å². The normalized spacial score (nSPS) is 12.0. The van der Waals surface area contributed by atoms with Gasteiger partial charge in [-0.05, 0) is 31.2 Å². The second-order valence-electron chi connectivity index (χ2n) is 4.72. The molecule has 0 radical (unpaired) electrons. The molecule has 0 aliphatic carbocycles. The molecule has 2 heterocycles. The summed E-state index contributed by atoms with van der Waals surface area (Å²) >= 11 is 1.45. The summed E-state index contributed by atoms with van der Waals surface area (Å²) in [6.45, 7) is 1.94. The molecule has 3 rings (SSSR count). The van der Waals surface area contributed by atoms with Gasteiger partial charge in [-0.2, -0.15) is 5.26 Å². The summed E-state index contributed by atoms with van der Waals surface area (Å²) in [7, 11) is 0. The van der Waals surface area contributed by atoms with E-state index in [4.69, 9.17) is 5.26 Å². The third-order valence-electron chi connectivity index (χ3n) is 3.18. The fraction of sp³-hybridized carbons (Fsp3) is 0.125. The lowest BCUT2D eigenvalue weighted by Crippen LogP contribution is -2.12. The Hall–Kier alpha value is -2.65. The Morgan fingerprint density at radius 2 is 2.14 bits per heavy atom. The van der Waals surface area contributed by atoms with Crippen molar-refractivity contribution in [1.82, 2.24) is 15.0 Å². The van der Waals surface area contributed by atoms with Crippen LogP contribution in [-0.4, -0.2) is 15.0 Å². The van der Waals surface area contributed by atoms with E-state index in [0.29, 0.717) is 22.3 Å². The maximum atomic E-state index is 12.1. The first-order chi connectivity index (χ1) is 10.7. The standard InChI is InChI=1S/C16H12N4OS/c1-10(22-14-8-11(9-17)6-7-18-14)15-19-13-5-3-2-4-12(13)16(21)20-15/h2-8,10H,1H3,(H,19,20,21). The molecule has 0 saturated heterocycles. The van der Waals surface area contributed by atoms with Gasteiger partial charge in [-0.3, -0.25) is 4.79 Å². The lowest BCUT2D eigenvalue weighted by atomic mass is 10.2. The molecule has 0 saturated carbocycles. The number of hydrogen-bond acceptors (Lipinski definition) is 5. The van der Waals surface area contributed by atoms with Crippen LogP contribution in [0, 0.1) is 11.3 Å². The molecular formula is C16H12N4OS. The van der Waals surface area contributed by atoms with Crippen LogP contribution in [0.4, 0.5) is 0 Å². The first-order valence-corrected chi connectivity index (χ1v) is 7.57. The quantitative estimate of drug-likeness (QED) is 0.752. The van der Waals surface area contributed by atoms with Crippen LogP contribution in [0.25, 0.3) is 10.9 Å². The van der Waals surface area contributed by atoms with Crippen molar-refractivity contribution in [3.8, 4) is 6.07 Å². The highest BCUT2D eigenvalue weighted by Crippen LogP contribution is 2.31. The number of H-pyrrole nitrogens is 1. The number of aromatic amines is 1. The van der Waals surface area contributed by atoms with Crippen molar-refractivity contribution in [1.29, 1.82) is 5.26 Å². The van der Waals surface area contributed by atoms with Gasteiger partial charge in [0.05, 0.1) is 32.8 Å². The van der Waals surface area contributed by atoms with Crippen molar-refractivity contribution in [2.45, 2.75) is 17.2 Å². The lowest BCUT2D eigenvalue weighted by Gasteiger charge is -2.10. The summed E-state index contributed by atoms with van der Waals surface area (Å²) in [5, 5.41) is 10.1. The number of nitriles is 1. The molecule has 6 heteroatoms.